The molecule has 1 aliphatic heterocycles. The van der Waals surface area contributed by atoms with E-state index in [9.17, 15) is 4.79 Å². The van der Waals surface area contributed by atoms with Gasteiger partial charge in [0.25, 0.3) is 0 Å². The fourth-order valence-corrected chi connectivity index (χ4v) is 3.05. The van der Waals surface area contributed by atoms with Gasteiger partial charge >= 0.3 is 0 Å². The van der Waals surface area contributed by atoms with Crippen molar-refractivity contribution in [1.82, 2.24) is 10.6 Å². The third-order valence-electron chi connectivity index (χ3n) is 4.53. The molecule has 1 aromatic heterocycles. The van der Waals surface area contributed by atoms with Crippen LogP contribution in [0.15, 0.2) is 52.1 Å². The van der Waals surface area contributed by atoms with E-state index in [0.29, 0.717) is 13.0 Å². The van der Waals surface area contributed by atoms with Crippen LogP contribution < -0.4 is 15.5 Å². The van der Waals surface area contributed by atoms with E-state index >= 15 is 0 Å². The first-order chi connectivity index (χ1) is 13.3. The van der Waals surface area contributed by atoms with Crippen LogP contribution in [0.4, 0.5) is 5.69 Å². The van der Waals surface area contributed by atoms with Crippen LogP contribution in [0.1, 0.15) is 37.5 Å². The highest BCUT2D eigenvalue weighted by atomic mass is 16.3. The smallest absolute Gasteiger partial charge is 0.227 e. The summed E-state index contributed by atoms with van der Waals surface area (Å²) in [6.07, 6.45) is 5.15. The van der Waals surface area contributed by atoms with Crippen molar-refractivity contribution in [2.45, 2.75) is 39.2 Å². The fourth-order valence-electron chi connectivity index (χ4n) is 3.05. The lowest BCUT2D eigenvalue weighted by atomic mass is 10.2. The molecule has 3 rings (SSSR count). The SMILES string of the molecule is CCCNC(=NCc1ccc(N2CCCC2=O)cc1)NCCc1ccco1. The van der Waals surface area contributed by atoms with Gasteiger partial charge < -0.3 is 20.0 Å². The summed E-state index contributed by atoms with van der Waals surface area (Å²) in [7, 11) is 0. The fraction of sp³-hybridized carbons (Fsp3) is 0.429. The number of guanidine groups is 1. The number of amides is 1. The van der Waals surface area contributed by atoms with Crippen LogP contribution in [0.5, 0.6) is 0 Å². The van der Waals surface area contributed by atoms with Gasteiger partial charge in [-0.1, -0.05) is 19.1 Å². The number of nitrogens with zero attached hydrogens (tertiary/aromatic N) is 2. The second-order valence-corrected chi connectivity index (χ2v) is 6.66. The number of carbonyl (C=O) groups excluding carboxylic acids is 1. The molecule has 1 saturated heterocycles. The molecule has 0 spiro atoms. The third kappa shape index (κ3) is 5.61. The Labute approximate surface area is 160 Å². The second kappa shape index (κ2) is 9.80. The Morgan fingerprint density at radius 2 is 2.00 bits per heavy atom. The van der Waals surface area contributed by atoms with Crippen molar-refractivity contribution in [3.63, 3.8) is 0 Å². The number of nitrogens with one attached hydrogen (secondary N) is 2. The molecule has 1 aromatic carbocycles. The number of furan rings is 1. The molecule has 6 heteroatoms. The Balaban J connectivity index is 1.54. The molecule has 0 aliphatic carbocycles. The van der Waals surface area contributed by atoms with Gasteiger partial charge in [-0.25, -0.2) is 4.99 Å². The Morgan fingerprint density at radius 1 is 1.19 bits per heavy atom. The highest BCUT2D eigenvalue weighted by Gasteiger charge is 2.21. The lowest BCUT2D eigenvalue weighted by molar-refractivity contribution is -0.117. The van der Waals surface area contributed by atoms with Gasteiger partial charge in [-0.15, -0.1) is 0 Å². The first kappa shape index (κ1) is 19.0. The minimum atomic E-state index is 0.215. The van der Waals surface area contributed by atoms with Crippen LogP contribution >= 0.6 is 0 Å². The average molecular weight is 368 g/mol. The molecule has 1 amide bonds. The number of aliphatic imine (C=N–C) groups is 1. The molecule has 0 radical (unpaired) electrons. The Morgan fingerprint density at radius 3 is 2.67 bits per heavy atom. The molecule has 6 nitrogen and oxygen atoms in total. The highest BCUT2D eigenvalue weighted by molar-refractivity contribution is 5.95. The predicted molar refractivity (Wildman–Crippen MR) is 108 cm³/mol. The summed E-state index contributed by atoms with van der Waals surface area (Å²) in [4.78, 5) is 18.4. The summed E-state index contributed by atoms with van der Waals surface area (Å²) in [6, 6.07) is 12.0. The van der Waals surface area contributed by atoms with E-state index in [0.717, 1.165) is 61.9 Å². The molecule has 1 aliphatic rings. The normalized spacial score (nSPS) is 14.6. The van der Waals surface area contributed by atoms with Crippen molar-refractivity contribution in [2.75, 3.05) is 24.5 Å². The van der Waals surface area contributed by atoms with Crippen molar-refractivity contribution in [1.29, 1.82) is 0 Å². The summed E-state index contributed by atoms with van der Waals surface area (Å²) in [6.45, 7) is 5.18. The molecule has 0 unspecified atom stereocenters. The number of rotatable bonds is 8. The van der Waals surface area contributed by atoms with Crippen LogP contribution in [0, 0.1) is 0 Å². The summed E-state index contributed by atoms with van der Waals surface area (Å²) in [5, 5.41) is 6.69. The zero-order valence-electron chi connectivity index (χ0n) is 15.9. The summed E-state index contributed by atoms with van der Waals surface area (Å²) in [5.41, 5.74) is 2.10. The van der Waals surface area contributed by atoms with E-state index in [1.807, 2.05) is 41.3 Å². The van der Waals surface area contributed by atoms with E-state index in [2.05, 4.69) is 22.5 Å². The molecule has 2 N–H and O–H groups in total. The number of hydrogen-bond donors (Lipinski definition) is 2. The maximum absolute atomic E-state index is 11.8. The maximum atomic E-state index is 11.8. The van der Waals surface area contributed by atoms with Crippen LogP contribution in [0.2, 0.25) is 0 Å². The first-order valence-electron chi connectivity index (χ1n) is 9.70. The van der Waals surface area contributed by atoms with Crippen molar-refractivity contribution < 1.29 is 9.21 Å². The van der Waals surface area contributed by atoms with Gasteiger partial charge in [0.05, 0.1) is 12.8 Å². The molecule has 27 heavy (non-hydrogen) atoms. The van der Waals surface area contributed by atoms with Crippen molar-refractivity contribution in [3.05, 3.63) is 54.0 Å². The van der Waals surface area contributed by atoms with Gasteiger partial charge in [0.1, 0.15) is 5.76 Å². The second-order valence-electron chi connectivity index (χ2n) is 6.66. The van der Waals surface area contributed by atoms with Crippen molar-refractivity contribution in [2.24, 2.45) is 4.99 Å². The highest BCUT2D eigenvalue weighted by Crippen LogP contribution is 2.21. The monoisotopic (exact) mass is 368 g/mol. The Kier molecular flexibility index (Phi) is 6.90. The Hall–Kier alpha value is -2.76. The standard InChI is InChI=1S/C21H28N4O2/c1-2-12-22-21(23-13-11-19-5-4-15-27-19)24-16-17-7-9-18(10-8-17)25-14-3-6-20(25)26/h4-5,7-10,15H,2-3,6,11-14,16H2,1H3,(H2,22,23,24). The van der Waals surface area contributed by atoms with Gasteiger partial charge in [0, 0.05) is 38.2 Å². The molecule has 0 atom stereocenters. The molecule has 0 saturated carbocycles. The zero-order valence-corrected chi connectivity index (χ0v) is 15.9. The lowest BCUT2D eigenvalue weighted by Crippen LogP contribution is -2.38. The van der Waals surface area contributed by atoms with Gasteiger partial charge in [-0.3, -0.25) is 4.79 Å². The molecule has 2 aromatic rings. The van der Waals surface area contributed by atoms with E-state index in [1.165, 1.54) is 0 Å². The van der Waals surface area contributed by atoms with Gasteiger partial charge in [0.2, 0.25) is 5.91 Å². The van der Waals surface area contributed by atoms with E-state index in [-0.39, 0.29) is 5.91 Å². The minimum absolute atomic E-state index is 0.215. The minimum Gasteiger partial charge on any atom is -0.469 e. The number of benzene rings is 1. The van der Waals surface area contributed by atoms with Gasteiger partial charge in [0.15, 0.2) is 5.96 Å². The first-order valence-corrected chi connectivity index (χ1v) is 9.70. The van der Waals surface area contributed by atoms with E-state index < -0.39 is 0 Å². The number of carbonyl (C=O) groups is 1. The molecule has 1 fully saturated rings. The van der Waals surface area contributed by atoms with Crippen molar-refractivity contribution in [3.8, 4) is 0 Å². The third-order valence-corrected chi connectivity index (χ3v) is 4.53. The van der Waals surface area contributed by atoms with Crippen LogP contribution in [-0.2, 0) is 17.8 Å². The van der Waals surface area contributed by atoms with Crippen molar-refractivity contribution >= 4 is 17.6 Å². The predicted octanol–water partition coefficient (Wildman–Crippen LogP) is 3.09. The summed E-state index contributed by atoms with van der Waals surface area (Å²) in [5.74, 6) is 1.99. The molecular weight excluding hydrogens is 340 g/mol. The number of anilines is 1. The van der Waals surface area contributed by atoms with Crippen LogP contribution in [0.25, 0.3) is 0 Å². The van der Waals surface area contributed by atoms with E-state index in [4.69, 9.17) is 4.42 Å². The largest absolute Gasteiger partial charge is 0.469 e. The quantitative estimate of drug-likeness (QED) is 0.555. The molecule has 144 valence electrons. The Bertz CT molecular complexity index is 738. The summed E-state index contributed by atoms with van der Waals surface area (Å²) < 4.78 is 5.36. The molecule has 0 bridgehead atoms. The van der Waals surface area contributed by atoms with Crippen LogP contribution in [0.3, 0.4) is 0 Å². The van der Waals surface area contributed by atoms with Gasteiger partial charge in [-0.2, -0.15) is 0 Å². The molecule has 2 heterocycles. The lowest BCUT2D eigenvalue weighted by Gasteiger charge is -2.16. The van der Waals surface area contributed by atoms with Gasteiger partial charge in [-0.05, 0) is 42.7 Å². The number of hydrogen-bond acceptors (Lipinski definition) is 3. The van der Waals surface area contributed by atoms with E-state index in [1.54, 1.807) is 6.26 Å². The molecular formula is C21H28N4O2. The maximum Gasteiger partial charge on any atom is 0.227 e. The average Bonchev–Trinajstić information content (AvgIpc) is 3.35. The zero-order chi connectivity index (χ0) is 18.9. The summed E-state index contributed by atoms with van der Waals surface area (Å²) >= 11 is 0. The van der Waals surface area contributed by atoms with Crippen LogP contribution in [-0.4, -0.2) is 31.5 Å². The topological polar surface area (TPSA) is 69.9 Å².